The monoisotopic (exact) mass is 452 g/mol. The Balaban J connectivity index is 1.36. The summed E-state index contributed by atoms with van der Waals surface area (Å²) in [5, 5.41) is 4.34. The molecule has 0 radical (unpaired) electrons. The molecule has 0 aliphatic heterocycles. The Morgan fingerprint density at radius 3 is 2.72 bits per heavy atom. The highest BCUT2D eigenvalue weighted by Gasteiger charge is 2.12. The Morgan fingerprint density at radius 2 is 1.94 bits per heavy atom. The number of nitrogens with one attached hydrogen (secondary N) is 2. The van der Waals surface area contributed by atoms with Crippen molar-refractivity contribution in [3.05, 3.63) is 64.3 Å². The quantitative estimate of drug-likeness (QED) is 0.399. The minimum Gasteiger partial charge on any atom is -0.493 e. The van der Waals surface area contributed by atoms with Gasteiger partial charge in [-0.3, -0.25) is 9.59 Å². The minimum atomic E-state index is -0.226. The molecule has 2 heterocycles. The normalized spacial score (nSPS) is 11.1. The maximum atomic E-state index is 12.6. The van der Waals surface area contributed by atoms with Crippen molar-refractivity contribution in [3.63, 3.8) is 0 Å². The third-order valence-electron chi connectivity index (χ3n) is 5.20. The highest BCUT2D eigenvalue weighted by atomic mass is 32.2. The summed E-state index contributed by atoms with van der Waals surface area (Å²) in [6.07, 6.45) is 1.94. The van der Waals surface area contributed by atoms with Gasteiger partial charge in [0.2, 0.25) is 0 Å². The first-order valence-corrected chi connectivity index (χ1v) is 11.2. The van der Waals surface area contributed by atoms with Crippen molar-refractivity contribution in [1.82, 2.24) is 19.9 Å². The van der Waals surface area contributed by atoms with E-state index in [1.807, 2.05) is 42.1 Å². The molecule has 9 heteroatoms. The van der Waals surface area contributed by atoms with E-state index in [4.69, 9.17) is 9.47 Å². The number of aromatic nitrogens is 3. The molecule has 1 amide bonds. The summed E-state index contributed by atoms with van der Waals surface area (Å²) in [4.78, 5) is 32.4. The molecule has 4 aromatic rings. The fraction of sp³-hybridized carbons (Fsp3) is 0.261. The maximum Gasteiger partial charge on any atom is 0.258 e. The number of methoxy groups -OCH3 is 2. The molecule has 4 rings (SSSR count). The van der Waals surface area contributed by atoms with E-state index in [0.29, 0.717) is 51.8 Å². The lowest BCUT2D eigenvalue weighted by molar-refractivity contribution is 0.0958. The van der Waals surface area contributed by atoms with Gasteiger partial charge in [0.1, 0.15) is 5.82 Å². The van der Waals surface area contributed by atoms with Crippen molar-refractivity contribution in [2.24, 2.45) is 7.05 Å². The van der Waals surface area contributed by atoms with Crippen molar-refractivity contribution in [3.8, 4) is 11.5 Å². The van der Waals surface area contributed by atoms with Gasteiger partial charge in [0.05, 0.1) is 30.9 Å². The number of aromatic amines is 1. The van der Waals surface area contributed by atoms with Gasteiger partial charge < -0.3 is 24.3 Å². The molecule has 166 valence electrons. The first-order valence-electron chi connectivity index (χ1n) is 10.1. The lowest BCUT2D eigenvalue weighted by atomic mass is 10.1. The number of rotatable bonds is 8. The number of ether oxygens (including phenoxy) is 2. The van der Waals surface area contributed by atoms with Gasteiger partial charge in [0, 0.05) is 48.1 Å². The van der Waals surface area contributed by atoms with Gasteiger partial charge in [0.15, 0.2) is 11.5 Å². The molecular formula is C23H24N4O4S. The number of aryl methyl sites for hydroxylation is 1. The molecule has 0 aliphatic rings. The second kappa shape index (κ2) is 9.35. The first-order chi connectivity index (χ1) is 15.5. The van der Waals surface area contributed by atoms with E-state index < -0.39 is 0 Å². The van der Waals surface area contributed by atoms with Crippen molar-refractivity contribution < 1.29 is 14.3 Å². The number of carbonyl (C=O) groups excluding carboxylic acids is 1. The van der Waals surface area contributed by atoms with Crippen LogP contribution in [0.15, 0.2) is 47.4 Å². The highest BCUT2D eigenvalue weighted by molar-refractivity contribution is 7.98. The number of amides is 1. The Kier molecular flexibility index (Phi) is 6.36. The molecule has 2 N–H and O–H groups in total. The number of carbonyl (C=O) groups is 1. The highest BCUT2D eigenvalue weighted by Crippen LogP contribution is 2.30. The maximum absolute atomic E-state index is 12.6. The number of nitrogens with zero attached hydrogens (tertiary/aromatic N) is 2. The Morgan fingerprint density at radius 1 is 1.16 bits per heavy atom. The molecule has 0 fully saturated rings. The first kappa shape index (κ1) is 21.8. The molecule has 0 saturated heterocycles. The molecular weight excluding hydrogens is 428 g/mol. The van der Waals surface area contributed by atoms with E-state index in [1.165, 1.54) is 7.11 Å². The standard InChI is InChI=1S/C23H24N4O4S/c1-27-9-7-14-15(5-4-6-18(14)27)22(28)24-8-10-32-13-21-25-17-12-20(31-3)19(30-2)11-16(17)23(29)26-21/h4-7,9,11-12H,8,10,13H2,1-3H3,(H,24,28)(H,25,26,29). The fourth-order valence-corrected chi connectivity index (χ4v) is 4.30. The van der Waals surface area contributed by atoms with E-state index in [0.717, 1.165) is 10.9 Å². The van der Waals surface area contributed by atoms with Gasteiger partial charge in [-0.2, -0.15) is 11.8 Å². The van der Waals surface area contributed by atoms with E-state index in [2.05, 4.69) is 15.3 Å². The predicted octanol–water partition coefficient (Wildman–Crippen LogP) is 3.10. The topological polar surface area (TPSA) is 98.2 Å². The second-order valence-corrected chi connectivity index (χ2v) is 8.32. The van der Waals surface area contributed by atoms with E-state index in [1.54, 1.807) is 31.0 Å². The van der Waals surface area contributed by atoms with E-state index in [-0.39, 0.29) is 11.5 Å². The molecule has 0 saturated carbocycles. The van der Waals surface area contributed by atoms with Crippen LogP contribution in [0.2, 0.25) is 0 Å². The average molecular weight is 453 g/mol. The number of hydrogen-bond donors (Lipinski definition) is 2. The SMILES string of the molecule is COc1cc2nc(CSCCNC(=O)c3cccc4c3ccn4C)[nH]c(=O)c2cc1OC. The van der Waals surface area contributed by atoms with Gasteiger partial charge in [-0.1, -0.05) is 6.07 Å². The van der Waals surface area contributed by atoms with E-state index in [9.17, 15) is 9.59 Å². The van der Waals surface area contributed by atoms with Crippen LogP contribution in [0.3, 0.4) is 0 Å². The third kappa shape index (κ3) is 4.29. The van der Waals surface area contributed by atoms with Crippen LogP contribution in [-0.4, -0.2) is 47.0 Å². The van der Waals surface area contributed by atoms with Crippen LogP contribution in [0, 0.1) is 0 Å². The molecule has 2 aromatic carbocycles. The lowest BCUT2D eigenvalue weighted by Gasteiger charge is -2.09. The van der Waals surface area contributed by atoms with Crippen molar-refractivity contribution in [1.29, 1.82) is 0 Å². The van der Waals surface area contributed by atoms with Gasteiger partial charge >= 0.3 is 0 Å². The molecule has 8 nitrogen and oxygen atoms in total. The number of fused-ring (bicyclic) bond motifs is 2. The molecule has 32 heavy (non-hydrogen) atoms. The van der Waals surface area contributed by atoms with Crippen molar-refractivity contribution in [2.75, 3.05) is 26.5 Å². The van der Waals surface area contributed by atoms with Crippen molar-refractivity contribution >= 4 is 39.5 Å². The average Bonchev–Trinajstić information content (AvgIpc) is 3.18. The Labute approximate surface area is 188 Å². The summed E-state index contributed by atoms with van der Waals surface area (Å²) in [5.41, 5.74) is 2.01. The number of thioether (sulfide) groups is 1. The largest absolute Gasteiger partial charge is 0.493 e. The van der Waals surface area contributed by atoms with E-state index >= 15 is 0 Å². The van der Waals surface area contributed by atoms with Crippen molar-refractivity contribution in [2.45, 2.75) is 5.75 Å². The predicted molar refractivity (Wildman–Crippen MR) is 127 cm³/mol. The smallest absolute Gasteiger partial charge is 0.258 e. The molecule has 0 bridgehead atoms. The summed E-state index contributed by atoms with van der Waals surface area (Å²) in [5.74, 6) is 2.68. The fourth-order valence-electron chi connectivity index (χ4n) is 3.58. The third-order valence-corrected chi connectivity index (χ3v) is 6.17. The Bertz CT molecular complexity index is 1350. The summed E-state index contributed by atoms with van der Waals surface area (Å²) >= 11 is 1.58. The van der Waals surface area contributed by atoms with Crippen LogP contribution < -0.4 is 20.3 Å². The van der Waals surface area contributed by atoms with Gasteiger partial charge in [-0.15, -0.1) is 0 Å². The summed E-state index contributed by atoms with van der Waals surface area (Å²) in [7, 11) is 5.02. The zero-order valence-electron chi connectivity index (χ0n) is 18.1. The molecule has 0 atom stereocenters. The van der Waals surface area contributed by atoms with Gasteiger partial charge in [0.25, 0.3) is 11.5 Å². The van der Waals surface area contributed by atoms with Crippen LogP contribution in [0.1, 0.15) is 16.2 Å². The zero-order valence-corrected chi connectivity index (χ0v) is 18.9. The number of H-pyrrole nitrogens is 1. The van der Waals surface area contributed by atoms with Crippen LogP contribution in [0.25, 0.3) is 21.8 Å². The van der Waals surface area contributed by atoms with Gasteiger partial charge in [-0.05, 0) is 24.3 Å². The number of hydrogen-bond acceptors (Lipinski definition) is 6. The number of benzene rings is 2. The summed E-state index contributed by atoms with van der Waals surface area (Å²) in [6.45, 7) is 0.509. The molecule has 0 aliphatic carbocycles. The van der Waals surface area contributed by atoms with Crippen LogP contribution in [0.4, 0.5) is 0 Å². The lowest BCUT2D eigenvalue weighted by Crippen LogP contribution is -2.26. The van der Waals surface area contributed by atoms with Gasteiger partial charge in [-0.25, -0.2) is 4.98 Å². The van der Waals surface area contributed by atoms with Crippen LogP contribution in [0.5, 0.6) is 11.5 Å². The van der Waals surface area contributed by atoms with Crippen LogP contribution in [-0.2, 0) is 12.8 Å². The zero-order chi connectivity index (χ0) is 22.7. The molecule has 0 unspecified atom stereocenters. The summed E-state index contributed by atoms with van der Waals surface area (Å²) in [6, 6.07) is 11.0. The second-order valence-electron chi connectivity index (χ2n) is 7.21. The minimum absolute atomic E-state index is 0.0966. The van der Waals surface area contributed by atoms with Crippen LogP contribution >= 0.6 is 11.8 Å². The molecule has 2 aromatic heterocycles. The molecule has 0 spiro atoms. The Hall–Kier alpha value is -3.46. The summed E-state index contributed by atoms with van der Waals surface area (Å²) < 4.78 is 12.5.